The van der Waals surface area contributed by atoms with Gasteiger partial charge in [0.2, 0.25) is 0 Å². The lowest BCUT2D eigenvalue weighted by Gasteiger charge is -2.13. The molecule has 0 saturated heterocycles. The highest BCUT2D eigenvalue weighted by atomic mass is 32.2. The molecule has 0 aliphatic heterocycles. The predicted molar refractivity (Wildman–Crippen MR) is 55.9 cm³/mol. The van der Waals surface area contributed by atoms with Crippen LogP contribution < -0.4 is 0 Å². The van der Waals surface area contributed by atoms with Crippen LogP contribution in [0.15, 0.2) is 23.1 Å². The number of thioether (sulfide) groups is 1. The number of aliphatic hydroxyl groups excluding tert-OH is 1. The van der Waals surface area contributed by atoms with Crippen LogP contribution in [0.3, 0.4) is 0 Å². The van der Waals surface area contributed by atoms with Crippen molar-refractivity contribution in [3.8, 4) is 0 Å². The van der Waals surface area contributed by atoms with Gasteiger partial charge in [0.15, 0.2) is 11.6 Å². The van der Waals surface area contributed by atoms with Crippen LogP contribution in [0.2, 0.25) is 0 Å². The van der Waals surface area contributed by atoms with E-state index in [1.54, 1.807) is 6.07 Å². The summed E-state index contributed by atoms with van der Waals surface area (Å²) < 4.78 is 25.6. The van der Waals surface area contributed by atoms with Crippen molar-refractivity contribution in [3.05, 3.63) is 29.8 Å². The molecule has 1 N–H and O–H groups in total. The van der Waals surface area contributed by atoms with Gasteiger partial charge in [0.25, 0.3) is 0 Å². The van der Waals surface area contributed by atoms with Gasteiger partial charge in [-0.15, -0.1) is 11.8 Å². The quantitative estimate of drug-likeness (QED) is 0.842. The zero-order valence-electron chi connectivity index (χ0n) is 8.12. The Labute approximate surface area is 91.5 Å². The fraction of sp³-hybridized carbons (Fsp3) is 0.455. The highest BCUT2D eigenvalue weighted by Gasteiger charge is 2.26. The van der Waals surface area contributed by atoms with Crippen molar-refractivity contribution in [2.24, 2.45) is 0 Å². The van der Waals surface area contributed by atoms with E-state index in [0.29, 0.717) is 4.90 Å². The van der Waals surface area contributed by atoms with E-state index < -0.39 is 11.6 Å². The minimum Gasteiger partial charge on any atom is -0.392 e. The van der Waals surface area contributed by atoms with Crippen LogP contribution in [-0.4, -0.2) is 16.5 Å². The van der Waals surface area contributed by atoms with Gasteiger partial charge in [0, 0.05) is 10.1 Å². The van der Waals surface area contributed by atoms with Gasteiger partial charge < -0.3 is 5.11 Å². The van der Waals surface area contributed by atoms with Crippen LogP contribution in [-0.2, 0) is 0 Å². The third kappa shape index (κ3) is 2.49. The Balaban J connectivity index is 2.07. The third-order valence-corrected chi connectivity index (χ3v) is 3.97. The molecule has 0 bridgehead atoms. The second kappa shape index (κ2) is 4.49. The van der Waals surface area contributed by atoms with Gasteiger partial charge in [0.05, 0.1) is 6.10 Å². The molecule has 1 aromatic carbocycles. The van der Waals surface area contributed by atoms with E-state index in [9.17, 15) is 13.9 Å². The molecule has 4 heteroatoms. The van der Waals surface area contributed by atoms with Crippen LogP contribution in [0.25, 0.3) is 0 Å². The number of rotatable bonds is 2. The van der Waals surface area contributed by atoms with E-state index in [2.05, 4.69) is 0 Å². The van der Waals surface area contributed by atoms with Gasteiger partial charge in [-0.2, -0.15) is 0 Å². The van der Waals surface area contributed by atoms with E-state index in [1.165, 1.54) is 17.8 Å². The van der Waals surface area contributed by atoms with Crippen LogP contribution in [0, 0.1) is 11.6 Å². The van der Waals surface area contributed by atoms with Crippen molar-refractivity contribution < 1.29 is 13.9 Å². The number of benzene rings is 1. The molecule has 0 radical (unpaired) electrons. The summed E-state index contributed by atoms with van der Waals surface area (Å²) in [6, 6.07) is 3.86. The molecule has 1 aliphatic carbocycles. The summed E-state index contributed by atoms with van der Waals surface area (Å²) in [6.45, 7) is 0. The van der Waals surface area contributed by atoms with Crippen molar-refractivity contribution >= 4 is 11.8 Å². The van der Waals surface area contributed by atoms with Crippen LogP contribution in [0.5, 0.6) is 0 Å². The highest BCUT2D eigenvalue weighted by molar-refractivity contribution is 8.00. The molecule has 1 fully saturated rings. The normalized spacial score (nSPS) is 25.8. The van der Waals surface area contributed by atoms with Crippen LogP contribution in [0.1, 0.15) is 19.3 Å². The Morgan fingerprint density at radius 3 is 2.60 bits per heavy atom. The first-order chi connectivity index (χ1) is 7.16. The first kappa shape index (κ1) is 10.9. The zero-order valence-corrected chi connectivity index (χ0v) is 8.94. The van der Waals surface area contributed by atoms with Crippen molar-refractivity contribution in [1.82, 2.24) is 0 Å². The van der Waals surface area contributed by atoms with E-state index in [-0.39, 0.29) is 11.4 Å². The van der Waals surface area contributed by atoms with Crippen LogP contribution >= 0.6 is 11.8 Å². The van der Waals surface area contributed by atoms with Crippen molar-refractivity contribution in [2.75, 3.05) is 0 Å². The molecule has 1 nitrogen and oxygen atoms in total. The molecule has 0 unspecified atom stereocenters. The molecule has 0 amide bonds. The predicted octanol–water partition coefficient (Wildman–Crippen LogP) is 2.97. The highest BCUT2D eigenvalue weighted by Crippen LogP contribution is 2.35. The second-order valence-electron chi connectivity index (χ2n) is 3.73. The summed E-state index contributed by atoms with van der Waals surface area (Å²) in [7, 11) is 0. The molecule has 2 rings (SSSR count). The summed E-state index contributed by atoms with van der Waals surface area (Å²) in [5, 5.41) is 9.71. The summed E-state index contributed by atoms with van der Waals surface area (Å²) in [4.78, 5) is 0.680. The van der Waals surface area contributed by atoms with Crippen molar-refractivity contribution in [3.63, 3.8) is 0 Å². The molecule has 1 saturated carbocycles. The van der Waals surface area contributed by atoms with Crippen LogP contribution in [0.4, 0.5) is 8.78 Å². The summed E-state index contributed by atoms with van der Waals surface area (Å²) in [5.74, 6) is -1.65. The molecule has 0 aromatic heterocycles. The molecule has 1 aliphatic rings. The van der Waals surface area contributed by atoms with Gasteiger partial charge in [-0.05, 0) is 37.5 Å². The molecule has 0 spiro atoms. The van der Waals surface area contributed by atoms with Gasteiger partial charge in [-0.3, -0.25) is 0 Å². The standard InChI is InChI=1S/C11H12F2OS/c12-8-5-4-7(6-9(8)13)15-11-3-1-2-10(11)14/h4-6,10-11,14H,1-3H2/t10-,11-/m0/s1. The topological polar surface area (TPSA) is 20.2 Å². The average molecular weight is 230 g/mol. The van der Waals surface area contributed by atoms with Gasteiger partial charge in [-0.25, -0.2) is 8.78 Å². The van der Waals surface area contributed by atoms with Gasteiger partial charge in [0.1, 0.15) is 0 Å². The maximum atomic E-state index is 12.9. The third-order valence-electron chi connectivity index (χ3n) is 2.60. The lowest BCUT2D eigenvalue weighted by molar-refractivity contribution is 0.188. The second-order valence-corrected chi connectivity index (χ2v) is 5.04. The smallest absolute Gasteiger partial charge is 0.159 e. The molecule has 0 heterocycles. The van der Waals surface area contributed by atoms with Crippen molar-refractivity contribution in [1.29, 1.82) is 0 Å². The minimum absolute atomic E-state index is 0.120. The fourth-order valence-electron chi connectivity index (χ4n) is 1.77. The molecular weight excluding hydrogens is 218 g/mol. The first-order valence-electron chi connectivity index (χ1n) is 4.96. The molecular formula is C11H12F2OS. The van der Waals surface area contributed by atoms with E-state index >= 15 is 0 Å². The number of hydrogen-bond acceptors (Lipinski definition) is 2. The lowest BCUT2D eigenvalue weighted by Crippen LogP contribution is -2.14. The monoisotopic (exact) mass is 230 g/mol. The maximum Gasteiger partial charge on any atom is 0.159 e. The Bertz CT molecular complexity index is 356. The molecule has 15 heavy (non-hydrogen) atoms. The van der Waals surface area contributed by atoms with E-state index in [1.807, 2.05) is 0 Å². The maximum absolute atomic E-state index is 12.9. The summed E-state index contributed by atoms with van der Waals surface area (Å²) in [5.41, 5.74) is 0. The lowest BCUT2D eigenvalue weighted by atomic mass is 10.3. The summed E-state index contributed by atoms with van der Waals surface area (Å²) in [6.07, 6.45) is 2.43. The van der Waals surface area contributed by atoms with E-state index in [0.717, 1.165) is 25.3 Å². The Morgan fingerprint density at radius 1 is 1.20 bits per heavy atom. The zero-order chi connectivity index (χ0) is 10.8. The number of halogens is 2. The number of hydrogen-bond donors (Lipinski definition) is 1. The fourth-order valence-corrected chi connectivity index (χ4v) is 3.01. The number of aliphatic hydroxyl groups is 1. The van der Waals surface area contributed by atoms with Gasteiger partial charge >= 0.3 is 0 Å². The summed E-state index contributed by atoms with van der Waals surface area (Å²) >= 11 is 1.43. The minimum atomic E-state index is -0.827. The van der Waals surface area contributed by atoms with Gasteiger partial charge in [-0.1, -0.05) is 0 Å². The Morgan fingerprint density at radius 2 is 2.00 bits per heavy atom. The largest absolute Gasteiger partial charge is 0.392 e. The Hall–Kier alpha value is -0.610. The van der Waals surface area contributed by atoms with E-state index in [4.69, 9.17) is 0 Å². The first-order valence-corrected chi connectivity index (χ1v) is 5.84. The SMILES string of the molecule is O[C@H]1CCC[C@@H]1Sc1ccc(F)c(F)c1. The molecule has 2 atom stereocenters. The van der Waals surface area contributed by atoms with Crippen molar-refractivity contribution in [2.45, 2.75) is 35.5 Å². The Kier molecular flexibility index (Phi) is 3.26. The molecule has 1 aromatic rings. The molecule has 82 valence electrons. The average Bonchev–Trinajstić information content (AvgIpc) is 2.59.